The second kappa shape index (κ2) is 7.12. The van der Waals surface area contributed by atoms with Gasteiger partial charge in [0.2, 0.25) is 5.69 Å². The minimum atomic E-state index is -4.35. The largest absolute Gasteiger partial charge is 0.390 e. The van der Waals surface area contributed by atoms with E-state index in [2.05, 4.69) is 25.1 Å². The van der Waals surface area contributed by atoms with E-state index >= 15 is 0 Å². The number of hydrogen-bond donors (Lipinski definition) is 2. The lowest BCUT2D eigenvalue weighted by Gasteiger charge is -2.29. The molecule has 150 valence electrons. The van der Waals surface area contributed by atoms with Gasteiger partial charge in [0.15, 0.2) is 0 Å². The van der Waals surface area contributed by atoms with E-state index in [9.17, 15) is 18.0 Å². The van der Waals surface area contributed by atoms with Crippen molar-refractivity contribution >= 4 is 28.6 Å². The van der Waals surface area contributed by atoms with Crippen LogP contribution in [0.1, 0.15) is 17.7 Å². The van der Waals surface area contributed by atoms with Crippen molar-refractivity contribution in [3.8, 4) is 0 Å². The van der Waals surface area contributed by atoms with Crippen LogP contribution in [0.15, 0.2) is 24.8 Å². The Kier molecular flexibility index (Phi) is 4.62. The molecule has 3 aromatic rings. The van der Waals surface area contributed by atoms with Crippen LogP contribution in [-0.4, -0.2) is 44.8 Å². The van der Waals surface area contributed by atoms with E-state index < -0.39 is 25.2 Å². The molecule has 0 radical (unpaired) electrons. The highest BCUT2D eigenvalue weighted by Crippen LogP contribution is 2.33. The number of amides is 1. The summed E-state index contributed by atoms with van der Waals surface area (Å²) in [6.07, 6.45) is -0.363. The van der Waals surface area contributed by atoms with Crippen LogP contribution in [-0.2, 0) is 13.0 Å². The molecule has 0 aliphatic carbocycles. The van der Waals surface area contributed by atoms with Gasteiger partial charge in [0.05, 0.1) is 24.9 Å². The average molecular weight is 403 g/mol. The second-order valence-corrected chi connectivity index (χ2v) is 6.63. The SMILES string of the molecule is [C-]#[N+]c1cn(C(=O)NCCC(F)(F)F)c2c1CCN(c1ncnc3[nH]ccc13)C2. The molecule has 2 N–H and O–H groups in total. The Balaban J connectivity index is 1.61. The van der Waals surface area contributed by atoms with Crippen LogP contribution in [0.2, 0.25) is 0 Å². The molecular weight excluding hydrogens is 387 g/mol. The molecule has 4 rings (SSSR count). The molecule has 0 unspecified atom stereocenters. The van der Waals surface area contributed by atoms with E-state index in [1.807, 2.05) is 11.0 Å². The highest BCUT2D eigenvalue weighted by molar-refractivity contribution is 5.87. The quantitative estimate of drug-likeness (QED) is 0.657. The van der Waals surface area contributed by atoms with E-state index in [1.165, 1.54) is 17.1 Å². The first-order valence-corrected chi connectivity index (χ1v) is 8.86. The van der Waals surface area contributed by atoms with Gasteiger partial charge in [0, 0.05) is 31.2 Å². The molecule has 1 aliphatic rings. The van der Waals surface area contributed by atoms with Crippen molar-refractivity contribution in [3.05, 3.63) is 47.5 Å². The van der Waals surface area contributed by atoms with Gasteiger partial charge in [-0.2, -0.15) is 13.2 Å². The molecule has 3 aromatic heterocycles. The summed E-state index contributed by atoms with van der Waals surface area (Å²) in [5, 5.41) is 3.10. The molecule has 11 heteroatoms. The van der Waals surface area contributed by atoms with Crippen LogP contribution >= 0.6 is 0 Å². The van der Waals surface area contributed by atoms with Crippen molar-refractivity contribution in [1.29, 1.82) is 0 Å². The second-order valence-electron chi connectivity index (χ2n) is 6.63. The molecular formula is C18H16F3N7O. The van der Waals surface area contributed by atoms with Crippen molar-refractivity contribution in [2.75, 3.05) is 18.0 Å². The summed E-state index contributed by atoms with van der Waals surface area (Å²) in [6, 6.07) is 1.17. The maximum Gasteiger partial charge on any atom is 0.390 e. The van der Waals surface area contributed by atoms with Crippen molar-refractivity contribution in [2.45, 2.75) is 25.6 Å². The lowest BCUT2D eigenvalue weighted by atomic mass is 10.1. The Bertz CT molecular complexity index is 1110. The maximum absolute atomic E-state index is 12.5. The number of fused-ring (bicyclic) bond motifs is 2. The molecule has 1 aliphatic heterocycles. The molecule has 0 atom stereocenters. The van der Waals surface area contributed by atoms with E-state index in [0.29, 0.717) is 42.4 Å². The number of halogens is 3. The Morgan fingerprint density at radius 2 is 2.21 bits per heavy atom. The highest BCUT2D eigenvalue weighted by atomic mass is 19.4. The third kappa shape index (κ3) is 3.61. The first-order valence-electron chi connectivity index (χ1n) is 8.86. The molecule has 4 heterocycles. The van der Waals surface area contributed by atoms with Crippen molar-refractivity contribution < 1.29 is 18.0 Å². The third-order valence-electron chi connectivity index (χ3n) is 4.83. The summed E-state index contributed by atoms with van der Waals surface area (Å²) in [4.78, 5) is 29.4. The number of nitrogens with one attached hydrogen (secondary N) is 2. The molecule has 0 saturated heterocycles. The van der Waals surface area contributed by atoms with Crippen LogP contribution in [0.3, 0.4) is 0 Å². The zero-order chi connectivity index (χ0) is 20.6. The van der Waals surface area contributed by atoms with Gasteiger partial charge in [-0.3, -0.25) is 4.57 Å². The van der Waals surface area contributed by atoms with E-state index in [4.69, 9.17) is 6.57 Å². The summed E-state index contributed by atoms with van der Waals surface area (Å²) >= 11 is 0. The summed E-state index contributed by atoms with van der Waals surface area (Å²) in [5.74, 6) is 0.691. The number of anilines is 1. The smallest absolute Gasteiger partial charge is 0.350 e. The molecule has 29 heavy (non-hydrogen) atoms. The number of nitrogens with zero attached hydrogens (tertiary/aromatic N) is 5. The highest BCUT2D eigenvalue weighted by Gasteiger charge is 2.29. The number of aromatic nitrogens is 4. The first kappa shape index (κ1) is 18.8. The van der Waals surface area contributed by atoms with Crippen LogP contribution in [0.5, 0.6) is 0 Å². The first-order chi connectivity index (χ1) is 13.9. The zero-order valence-electron chi connectivity index (χ0n) is 15.1. The molecule has 0 saturated carbocycles. The minimum absolute atomic E-state index is 0.300. The van der Waals surface area contributed by atoms with Gasteiger partial charge in [-0.05, 0) is 18.1 Å². The molecule has 0 bridgehead atoms. The average Bonchev–Trinajstić information content (AvgIpc) is 3.30. The fraction of sp³-hybridized carbons (Fsp3) is 0.333. The van der Waals surface area contributed by atoms with E-state index in [0.717, 1.165) is 10.9 Å². The van der Waals surface area contributed by atoms with Gasteiger partial charge >= 0.3 is 12.2 Å². The number of alkyl halides is 3. The fourth-order valence-electron chi connectivity index (χ4n) is 3.49. The van der Waals surface area contributed by atoms with Crippen LogP contribution in [0, 0.1) is 6.57 Å². The Morgan fingerprint density at radius 3 is 2.97 bits per heavy atom. The van der Waals surface area contributed by atoms with Crippen molar-refractivity contribution in [3.63, 3.8) is 0 Å². The van der Waals surface area contributed by atoms with Gasteiger partial charge < -0.3 is 15.2 Å². The molecule has 8 nitrogen and oxygen atoms in total. The summed E-state index contributed by atoms with van der Waals surface area (Å²) < 4.78 is 38.3. The molecule has 0 aromatic carbocycles. The normalized spacial score (nSPS) is 13.9. The van der Waals surface area contributed by atoms with Crippen LogP contribution in [0.4, 0.5) is 29.5 Å². The number of carbonyl (C=O) groups excluding carboxylic acids is 1. The molecule has 0 fully saturated rings. The maximum atomic E-state index is 12.5. The van der Waals surface area contributed by atoms with Crippen molar-refractivity contribution in [1.82, 2.24) is 24.8 Å². The summed E-state index contributed by atoms with van der Waals surface area (Å²) in [5.41, 5.74) is 2.33. The van der Waals surface area contributed by atoms with E-state index in [1.54, 1.807) is 6.20 Å². The van der Waals surface area contributed by atoms with Gasteiger partial charge in [-0.1, -0.05) is 0 Å². The number of rotatable bonds is 3. The van der Waals surface area contributed by atoms with Crippen LogP contribution < -0.4 is 10.2 Å². The van der Waals surface area contributed by atoms with Crippen molar-refractivity contribution in [2.24, 2.45) is 0 Å². The van der Waals surface area contributed by atoms with Crippen LogP contribution in [0.25, 0.3) is 15.9 Å². The zero-order valence-corrected chi connectivity index (χ0v) is 15.1. The number of aromatic amines is 1. The fourth-order valence-corrected chi connectivity index (χ4v) is 3.49. The Hall–Kier alpha value is -3.55. The lowest BCUT2D eigenvalue weighted by Crippen LogP contribution is -2.36. The number of carbonyl (C=O) groups is 1. The number of hydrogen-bond acceptors (Lipinski definition) is 4. The van der Waals surface area contributed by atoms with E-state index in [-0.39, 0.29) is 0 Å². The summed E-state index contributed by atoms with van der Waals surface area (Å²) in [6.45, 7) is 7.72. The third-order valence-corrected chi connectivity index (χ3v) is 4.83. The Morgan fingerprint density at radius 1 is 1.38 bits per heavy atom. The topological polar surface area (TPSA) is 83.2 Å². The standard InChI is InChI=1S/C18H16F3N7O/c1-22-13-8-28(17(29)24-6-4-18(19,20)21)14-9-27(7-3-11(13)14)16-12-2-5-23-15(12)25-10-26-16/h2,5,8,10H,3-4,6-7,9H2,(H,24,29)(H,23,25,26). The predicted octanol–water partition coefficient (Wildman–Crippen LogP) is 3.38. The van der Waals surface area contributed by atoms with Gasteiger partial charge in [0.1, 0.15) is 17.8 Å². The lowest BCUT2D eigenvalue weighted by molar-refractivity contribution is -0.132. The Labute approximate surface area is 163 Å². The predicted molar refractivity (Wildman–Crippen MR) is 98.8 cm³/mol. The van der Waals surface area contributed by atoms with Gasteiger partial charge in [-0.15, -0.1) is 0 Å². The number of H-pyrrole nitrogens is 1. The molecule has 1 amide bonds. The van der Waals surface area contributed by atoms with Gasteiger partial charge in [0.25, 0.3) is 0 Å². The monoisotopic (exact) mass is 403 g/mol. The summed E-state index contributed by atoms with van der Waals surface area (Å²) in [7, 11) is 0. The molecule has 0 spiro atoms. The van der Waals surface area contributed by atoms with Gasteiger partial charge in [-0.25, -0.2) is 19.6 Å². The minimum Gasteiger partial charge on any atom is -0.350 e.